The fourth-order valence-corrected chi connectivity index (χ4v) is 2.91. The van der Waals surface area contributed by atoms with E-state index in [1.54, 1.807) is 6.33 Å². The smallest absolute Gasteiger partial charge is 0.242 e. The van der Waals surface area contributed by atoms with Crippen LogP contribution in [0.15, 0.2) is 6.33 Å². The third-order valence-electron chi connectivity index (χ3n) is 4.14. The van der Waals surface area contributed by atoms with E-state index in [1.165, 1.54) is 6.42 Å². The second-order valence-corrected chi connectivity index (χ2v) is 5.98. The standard InChI is InChI=1S/C15H26N4O/c1-5-6-20-15-13(16)14(17-9-18-15)19-8-10(2)7-11(3)12(19)4/h9-12H,5-8,16H2,1-4H3. The summed E-state index contributed by atoms with van der Waals surface area (Å²) in [6, 6.07) is 0.433. The van der Waals surface area contributed by atoms with Crippen molar-refractivity contribution in [2.75, 3.05) is 23.8 Å². The minimum Gasteiger partial charge on any atom is -0.476 e. The summed E-state index contributed by atoms with van der Waals surface area (Å²) in [5, 5.41) is 0. The molecule has 1 fully saturated rings. The Balaban J connectivity index is 2.27. The maximum absolute atomic E-state index is 6.22. The van der Waals surface area contributed by atoms with Gasteiger partial charge in [-0.2, -0.15) is 4.98 Å². The van der Waals surface area contributed by atoms with Crippen LogP contribution in [0.3, 0.4) is 0 Å². The summed E-state index contributed by atoms with van der Waals surface area (Å²) < 4.78 is 5.60. The average molecular weight is 278 g/mol. The van der Waals surface area contributed by atoms with Gasteiger partial charge >= 0.3 is 0 Å². The Morgan fingerprint density at radius 2 is 2.10 bits per heavy atom. The molecule has 0 aliphatic carbocycles. The van der Waals surface area contributed by atoms with Gasteiger partial charge in [-0.25, -0.2) is 4.98 Å². The summed E-state index contributed by atoms with van der Waals surface area (Å²) >= 11 is 0. The molecule has 0 saturated carbocycles. The Labute approximate surface area is 121 Å². The summed E-state index contributed by atoms with van der Waals surface area (Å²) in [7, 11) is 0. The molecule has 0 bridgehead atoms. The van der Waals surface area contributed by atoms with Crippen molar-refractivity contribution in [1.29, 1.82) is 0 Å². The molecule has 1 aliphatic rings. The molecule has 1 aliphatic heterocycles. The van der Waals surface area contributed by atoms with E-state index in [9.17, 15) is 0 Å². The third-order valence-corrected chi connectivity index (χ3v) is 4.14. The van der Waals surface area contributed by atoms with Gasteiger partial charge in [0.05, 0.1) is 6.61 Å². The molecule has 2 rings (SSSR count). The maximum atomic E-state index is 6.22. The molecule has 1 aromatic rings. The Kier molecular flexibility index (Phi) is 4.68. The fourth-order valence-electron chi connectivity index (χ4n) is 2.91. The molecule has 2 heterocycles. The van der Waals surface area contributed by atoms with Crippen LogP contribution in [-0.2, 0) is 0 Å². The maximum Gasteiger partial charge on any atom is 0.242 e. The lowest BCUT2D eigenvalue weighted by atomic mass is 9.86. The molecule has 3 unspecified atom stereocenters. The third kappa shape index (κ3) is 2.97. The summed E-state index contributed by atoms with van der Waals surface area (Å²) in [4.78, 5) is 10.8. The Bertz CT molecular complexity index is 451. The van der Waals surface area contributed by atoms with E-state index >= 15 is 0 Å². The number of hydrogen-bond donors (Lipinski definition) is 1. The fraction of sp³-hybridized carbons (Fsp3) is 0.733. The number of rotatable bonds is 4. The lowest BCUT2D eigenvalue weighted by Crippen LogP contribution is -2.46. The summed E-state index contributed by atoms with van der Waals surface area (Å²) in [5.74, 6) is 2.61. The molecule has 5 heteroatoms. The van der Waals surface area contributed by atoms with E-state index in [4.69, 9.17) is 10.5 Å². The normalized spacial score (nSPS) is 26.6. The zero-order valence-corrected chi connectivity index (χ0v) is 13.0. The van der Waals surface area contributed by atoms with Gasteiger partial charge in [0.2, 0.25) is 5.88 Å². The van der Waals surface area contributed by atoms with E-state index in [2.05, 4.69) is 42.6 Å². The van der Waals surface area contributed by atoms with E-state index < -0.39 is 0 Å². The van der Waals surface area contributed by atoms with Crippen LogP contribution in [0.1, 0.15) is 40.5 Å². The highest BCUT2D eigenvalue weighted by atomic mass is 16.5. The molecule has 0 amide bonds. The zero-order valence-electron chi connectivity index (χ0n) is 13.0. The van der Waals surface area contributed by atoms with E-state index in [0.29, 0.717) is 36.1 Å². The van der Waals surface area contributed by atoms with Gasteiger partial charge in [0.15, 0.2) is 5.82 Å². The molecule has 0 radical (unpaired) electrons. The minimum absolute atomic E-state index is 0.433. The van der Waals surface area contributed by atoms with Crippen LogP contribution in [0.4, 0.5) is 11.5 Å². The first-order valence-corrected chi connectivity index (χ1v) is 7.54. The van der Waals surface area contributed by atoms with Crippen molar-refractivity contribution in [2.45, 2.75) is 46.6 Å². The van der Waals surface area contributed by atoms with Gasteiger partial charge in [-0.05, 0) is 31.6 Å². The number of aromatic nitrogens is 2. The number of ether oxygens (including phenoxy) is 1. The second kappa shape index (κ2) is 6.29. The van der Waals surface area contributed by atoms with E-state index in [1.807, 2.05) is 0 Å². The SMILES string of the molecule is CCCOc1ncnc(N2CC(C)CC(C)C2C)c1N. The van der Waals surface area contributed by atoms with Crippen LogP contribution in [0.5, 0.6) is 5.88 Å². The van der Waals surface area contributed by atoms with Crippen LogP contribution >= 0.6 is 0 Å². The van der Waals surface area contributed by atoms with Gasteiger partial charge in [-0.15, -0.1) is 0 Å². The van der Waals surface area contributed by atoms with Crippen molar-refractivity contribution in [3.8, 4) is 5.88 Å². The molecule has 3 atom stereocenters. The molecule has 112 valence electrons. The largest absolute Gasteiger partial charge is 0.476 e. The number of piperidine rings is 1. The second-order valence-electron chi connectivity index (χ2n) is 5.98. The molecule has 0 aromatic carbocycles. The summed E-state index contributed by atoms with van der Waals surface area (Å²) in [6.45, 7) is 10.5. The van der Waals surface area contributed by atoms with Gasteiger partial charge in [0, 0.05) is 12.6 Å². The predicted molar refractivity (Wildman–Crippen MR) is 82.0 cm³/mol. The van der Waals surface area contributed by atoms with Gasteiger partial charge in [-0.1, -0.05) is 20.8 Å². The molecule has 1 saturated heterocycles. The topological polar surface area (TPSA) is 64.3 Å². The average Bonchev–Trinajstić information content (AvgIpc) is 2.42. The Hall–Kier alpha value is -1.52. The highest BCUT2D eigenvalue weighted by Gasteiger charge is 2.31. The lowest BCUT2D eigenvalue weighted by Gasteiger charge is -2.42. The van der Waals surface area contributed by atoms with Crippen molar-refractivity contribution in [2.24, 2.45) is 11.8 Å². The molecule has 2 N–H and O–H groups in total. The van der Waals surface area contributed by atoms with Crippen molar-refractivity contribution in [3.05, 3.63) is 6.33 Å². The first-order valence-electron chi connectivity index (χ1n) is 7.54. The number of hydrogen-bond acceptors (Lipinski definition) is 5. The summed E-state index contributed by atoms with van der Waals surface area (Å²) in [6.07, 6.45) is 3.74. The minimum atomic E-state index is 0.433. The monoisotopic (exact) mass is 278 g/mol. The van der Waals surface area contributed by atoms with Crippen molar-refractivity contribution >= 4 is 11.5 Å². The molecule has 20 heavy (non-hydrogen) atoms. The number of nitrogens with zero attached hydrogens (tertiary/aromatic N) is 3. The van der Waals surface area contributed by atoms with Gasteiger partial charge in [-0.3, -0.25) is 0 Å². The van der Waals surface area contributed by atoms with Gasteiger partial charge in [0.25, 0.3) is 0 Å². The lowest BCUT2D eigenvalue weighted by molar-refractivity contribution is 0.292. The van der Waals surface area contributed by atoms with E-state index in [0.717, 1.165) is 18.8 Å². The molecule has 0 spiro atoms. The molecular formula is C15H26N4O. The van der Waals surface area contributed by atoms with Crippen LogP contribution in [0, 0.1) is 11.8 Å². The van der Waals surface area contributed by atoms with Crippen LogP contribution in [0.2, 0.25) is 0 Å². The first-order chi connectivity index (χ1) is 9.54. The predicted octanol–water partition coefficient (Wildman–Crippen LogP) is 2.72. The van der Waals surface area contributed by atoms with Gasteiger partial charge < -0.3 is 15.4 Å². The van der Waals surface area contributed by atoms with Crippen molar-refractivity contribution in [1.82, 2.24) is 9.97 Å². The Morgan fingerprint density at radius 3 is 2.80 bits per heavy atom. The molecule has 5 nitrogen and oxygen atoms in total. The Morgan fingerprint density at radius 1 is 1.35 bits per heavy atom. The number of anilines is 2. The van der Waals surface area contributed by atoms with E-state index in [-0.39, 0.29) is 0 Å². The molecule has 1 aromatic heterocycles. The number of nitrogens with two attached hydrogens (primary N) is 1. The summed E-state index contributed by atoms with van der Waals surface area (Å²) in [5.41, 5.74) is 6.78. The quantitative estimate of drug-likeness (QED) is 0.917. The van der Waals surface area contributed by atoms with Crippen molar-refractivity contribution < 1.29 is 4.74 Å². The van der Waals surface area contributed by atoms with Gasteiger partial charge in [0.1, 0.15) is 12.0 Å². The van der Waals surface area contributed by atoms with Crippen LogP contribution in [-0.4, -0.2) is 29.2 Å². The van der Waals surface area contributed by atoms with Crippen LogP contribution in [0.25, 0.3) is 0 Å². The zero-order chi connectivity index (χ0) is 14.7. The van der Waals surface area contributed by atoms with Crippen molar-refractivity contribution in [3.63, 3.8) is 0 Å². The first kappa shape index (κ1) is 14.9. The molecular weight excluding hydrogens is 252 g/mol. The highest BCUT2D eigenvalue weighted by molar-refractivity contribution is 5.68. The van der Waals surface area contributed by atoms with Crippen LogP contribution < -0.4 is 15.4 Å². The number of nitrogen functional groups attached to an aromatic ring is 1. The highest BCUT2D eigenvalue weighted by Crippen LogP contribution is 2.35.